The van der Waals surface area contributed by atoms with Crippen molar-refractivity contribution in [2.75, 3.05) is 11.9 Å². The minimum atomic E-state index is -1.43. The summed E-state index contributed by atoms with van der Waals surface area (Å²) in [6.07, 6.45) is 0. The summed E-state index contributed by atoms with van der Waals surface area (Å²) in [5, 5.41) is 8.10. The van der Waals surface area contributed by atoms with Crippen LogP contribution in [0.5, 0.6) is 0 Å². The number of hydrogen-bond acceptors (Lipinski definition) is 4. The molecule has 0 unspecified atom stereocenters. The van der Waals surface area contributed by atoms with Crippen molar-refractivity contribution in [2.45, 2.75) is 25.4 Å². The molecule has 0 aliphatic carbocycles. The smallest absolute Gasteiger partial charge is 0.325 e. The maximum Gasteiger partial charge on any atom is 0.325 e. The SMILES string of the molecule is C[C@H](NC(=O)c1ccccc1NC(=O)CN1C(=O)N[C@@](C)(c2ccc(F)cc2)C1=O)c1ccccc1. The van der Waals surface area contributed by atoms with Gasteiger partial charge in [-0.3, -0.25) is 19.3 Å². The second-order valence-electron chi connectivity index (χ2n) is 8.65. The standard InChI is InChI=1S/C27H25FN4O4/c1-17(18-8-4-3-5-9-18)29-24(34)21-10-6-7-11-22(21)30-23(33)16-32-25(35)27(2,31-26(32)36)19-12-14-20(28)15-13-19/h3-15,17H,16H2,1-2H3,(H,29,34)(H,30,33)(H,31,36)/t17-,27-/m0/s1. The molecule has 36 heavy (non-hydrogen) atoms. The van der Waals surface area contributed by atoms with Crippen molar-refractivity contribution in [1.82, 2.24) is 15.5 Å². The lowest BCUT2D eigenvalue weighted by molar-refractivity contribution is -0.133. The van der Waals surface area contributed by atoms with Gasteiger partial charge in [0.2, 0.25) is 5.91 Å². The zero-order chi connectivity index (χ0) is 25.9. The Hall–Kier alpha value is -4.53. The van der Waals surface area contributed by atoms with E-state index >= 15 is 0 Å². The van der Waals surface area contributed by atoms with Crippen molar-refractivity contribution >= 4 is 29.4 Å². The summed E-state index contributed by atoms with van der Waals surface area (Å²) in [4.78, 5) is 52.1. The Kier molecular flexibility index (Phi) is 6.82. The van der Waals surface area contributed by atoms with Gasteiger partial charge in [0.1, 0.15) is 17.9 Å². The first kappa shape index (κ1) is 24.6. The summed E-state index contributed by atoms with van der Waals surface area (Å²) < 4.78 is 13.3. The van der Waals surface area contributed by atoms with Crippen LogP contribution in [-0.2, 0) is 15.1 Å². The molecule has 5 amide bonds. The van der Waals surface area contributed by atoms with Gasteiger partial charge in [-0.25, -0.2) is 9.18 Å². The molecule has 9 heteroatoms. The molecule has 0 spiro atoms. The molecular formula is C27H25FN4O4. The molecule has 1 saturated heterocycles. The number of para-hydroxylation sites is 1. The highest BCUT2D eigenvalue weighted by molar-refractivity contribution is 6.11. The van der Waals surface area contributed by atoms with E-state index in [0.29, 0.717) is 5.56 Å². The van der Waals surface area contributed by atoms with E-state index < -0.39 is 35.7 Å². The number of carbonyl (C=O) groups is 4. The van der Waals surface area contributed by atoms with Gasteiger partial charge >= 0.3 is 6.03 Å². The van der Waals surface area contributed by atoms with E-state index in [1.165, 1.54) is 31.2 Å². The Morgan fingerprint density at radius 3 is 2.31 bits per heavy atom. The Balaban J connectivity index is 1.45. The lowest BCUT2D eigenvalue weighted by Gasteiger charge is -2.22. The molecule has 1 aliphatic rings. The summed E-state index contributed by atoms with van der Waals surface area (Å²) in [5.74, 6) is -2.16. The van der Waals surface area contributed by atoms with Crippen LogP contribution in [0.25, 0.3) is 0 Å². The predicted molar refractivity (Wildman–Crippen MR) is 131 cm³/mol. The van der Waals surface area contributed by atoms with Gasteiger partial charge < -0.3 is 16.0 Å². The molecule has 3 aromatic rings. The van der Waals surface area contributed by atoms with Crippen LogP contribution in [0, 0.1) is 5.82 Å². The quantitative estimate of drug-likeness (QED) is 0.441. The van der Waals surface area contributed by atoms with Gasteiger partial charge in [0.25, 0.3) is 11.8 Å². The van der Waals surface area contributed by atoms with Crippen molar-refractivity contribution < 1.29 is 23.6 Å². The number of rotatable bonds is 7. The monoisotopic (exact) mass is 488 g/mol. The Morgan fingerprint density at radius 1 is 0.972 bits per heavy atom. The van der Waals surface area contributed by atoms with E-state index in [1.807, 2.05) is 37.3 Å². The van der Waals surface area contributed by atoms with Gasteiger partial charge in [-0.2, -0.15) is 0 Å². The number of amides is 5. The third-order valence-electron chi connectivity index (χ3n) is 6.09. The summed E-state index contributed by atoms with van der Waals surface area (Å²) in [6, 6.07) is 20.1. The molecule has 4 rings (SSSR count). The molecule has 1 aliphatic heterocycles. The molecule has 1 fully saturated rings. The van der Waals surface area contributed by atoms with Crippen LogP contribution in [0.2, 0.25) is 0 Å². The number of halogens is 1. The van der Waals surface area contributed by atoms with Crippen molar-refractivity contribution in [3.63, 3.8) is 0 Å². The summed E-state index contributed by atoms with van der Waals surface area (Å²) >= 11 is 0. The van der Waals surface area contributed by atoms with E-state index in [-0.39, 0.29) is 23.2 Å². The average molecular weight is 489 g/mol. The number of anilines is 1. The molecule has 3 N–H and O–H groups in total. The number of imide groups is 1. The van der Waals surface area contributed by atoms with Crippen LogP contribution in [0.4, 0.5) is 14.9 Å². The Morgan fingerprint density at radius 2 is 1.61 bits per heavy atom. The highest BCUT2D eigenvalue weighted by Gasteiger charge is 2.49. The molecule has 8 nitrogen and oxygen atoms in total. The second-order valence-corrected chi connectivity index (χ2v) is 8.65. The first-order valence-corrected chi connectivity index (χ1v) is 11.3. The van der Waals surface area contributed by atoms with Gasteiger partial charge in [-0.1, -0.05) is 54.6 Å². The fraction of sp³-hybridized carbons (Fsp3) is 0.185. The highest BCUT2D eigenvalue weighted by Crippen LogP contribution is 2.29. The van der Waals surface area contributed by atoms with Crippen LogP contribution >= 0.6 is 0 Å². The molecule has 0 aromatic heterocycles. The molecule has 3 aromatic carbocycles. The third-order valence-corrected chi connectivity index (χ3v) is 6.09. The van der Waals surface area contributed by atoms with Crippen molar-refractivity contribution in [3.05, 3.63) is 101 Å². The molecule has 0 bridgehead atoms. The van der Waals surface area contributed by atoms with Crippen molar-refractivity contribution in [2.24, 2.45) is 0 Å². The fourth-order valence-corrected chi connectivity index (χ4v) is 4.04. The molecule has 0 saturated carbocycles. The molecule has 1 heterocycles. The number of benzene rings is 3. The zero-order valence-corrected chi connectivity index (χ0v) is 19.7. The van der Waals surface area contributed by atoms with Crippen LogP contribution in [0.1, 0.15) is 41.4 Å². The van der Waals surface area contributed by atoms with Gasteiger partial charge in [-0.05, 0) is 49.2 Å². The summed E-state index contributed by atoms with van der Waals surface area (Å²) in [6.45, 7) is 2.79. The predicted octanol–water partition coefficient (Wildman–Crippen LogP) is 3.72. The first-order chi connectivity index (χ1) is 17.2. The van der Waals surface area contributed by atoms with Crippen molar-refractivity contribution in [1.29, 1.82) is 0 Å². The zero-order valence-electron chi connectivity index (χ0n) is 19.7. The maximum absolute atomic E-state index is 13.3. The van der Waals surface area contributed by atoms with Crippen LogP contribution in [-0.4, -0.2) is 35.2 Å². The van der Waals surface area contributed by atoms with E-state index in [4.69, 9.17) is 0 Å². The topological polar surface area (TPSA) is 108 Å². The number of hydrogen-bond donors (Lipinski definition) is 3. The van der Waals surface area contributed by atoms with E-state index in [0.717, 1.165) is 10.5 Å². The number of carbonyl (C=O) groups excluding carboxylic acids is 4. The van der Waals surface area contributed by atoms with Gasteiger partial charge in [0.05, 0.1) is 17.3 Å². The number of nitrogens with zero attached hydrogens (tertiary/aromatic N) is 1. The van der Waals surface area contributed by atoms with Crippen LogP contribution in [0.15, 0.2) is 78.9 Å². The Bertz CT molecular complexity index is 1310. The molecule has 184 valence electrons. The fourth-order valence-electron chi connectivity index (χ4n) is 4.04. The van der Waals surface area contributed by atoms with E-state index in [9.17, 15) is 23.6 Å². The lowest BCUT2D eigenvalue weighted by Crippen LogP contribution is -2.42. The maximum atomic E-state index is 13.3. The third kappa shape index (κ3) is 4.95. The number of urea groups is 1. The average Bonchev–Trinajstić information content (AvgIpc) is 3.08. The highest BCUT2D eigenvalue weighted by atomic mass is 19.1. The first-order valence-electron chi connectivity index (χ1n) is 11.3. The minimum Gasteiger partial charge on any atom is -0.345 e. The normalized spacial score (nSPS) is 17.9. The largest absolute Gasteiger partial charge is 0.345 e. The van der Waals surface area contributed by atoms with Gasteiger partial charge in [-0.15, -0.1) is 0 Å². The van der Waals surface area contributed by atoms with E-state index in [1.54, 1.807) is 24.3 Å². The second kappa shape index (κ2) is 9.99. The number of nitrogens with one attached hydrogen (secondary N) is 3. The summed E-state index contributed by atoms with van der Waals surface area (Å²) in [7, 11) is 0. The summed E-state index contributed by atoms with van der Waals surface area (Å²) in [5.41, 5.74) is 0.363. The molecule has 0 radical (unpaired) electrons. The van der Waals surface area contributed by atoms with Gasteiger partial charge in [0, 0.05) is 0 Å². The minimum absolute atomic E-state index is 0.238. The van der Waals surface area contributed by atoms with Crippen LogP contribution < -0.4 is 16.0 Å². The van der Waals surface area contributed by atoms with Crippen molar-refractivity contribution in [3.8, 4) is 0 Å². The molecular weight excluding hydrogens is 463 g/mol. The van der Waals surface area contributed by atoms with E-state index in [2.05, 4.69) is 16.0 Å². The molecule has 2 atom stereocenters. The van der Waals surface area contributed by atoms with Crippen LogP contribution in [0.3, 0.4) is 0 Å². The Labute approximate surface area is 207 Å². The lowest BCUT2D eigenvalue weighted by atomic mass is 9.92. The van der Waals surface area contributed by atoms with Gasteiger partial charge in [0.15, 0.2) is 0 Å².